The van der Waals surface area contributed by atoms with E-state index in [1.165, 1.54) is 5.01 Å². The Labute approximate surface area is 211 Å². The van der Waals surface area contributed by atoms with Crippen LogP contribution in [0.15, 0.2) is 87.2 Å². The van der Waals surface area contributed by atoms with Gasteiger partial charge in [0.2, 0.25) is 5.91 Å². The summed E-state index contributed by atoms with van der Waals surface area (Å²) in [5.74, 6) is 0.569. The molecular weight excluding hydrogens is 506 g/mol. The van der Waals surface area contributed by atoms with E-state index < -0.39 is 0 Å². The van der Waals surface area contributed by atoms with Crippen LogP contribution in [0, 0.1) is 0 Å². The first kappa shape index (κ1) is 23.1. The van der Waals surface area contributed by atoms with Crippen LogP contribution in [0.1, 0.15) is 36.9 Å². The Kier molecular flexibility index (Phi) is 6.26. The molecule has 3 aromatic carbocycles. The van der Waals surface area contributed by atoms with E-state index in [0.29, 0.717) is 29.9 Å². The van der Waals surface area contributed by atoms with Crippen LogP contribution in [0.4, 0.5) is 0 Å². The molecule has 1 aliphatic rings. The monoisotopic (exact) mass is 529 g/mol. The van der Waals surface area contributed by atoms with E-state index in [0.717, 1.165) is 32.1 Å². The zero-order valence-electron chi connectivity index (χ0n) is 19.4. The molecule has 7 heteroatoms. The van der Waals surface area contributed by atoms with Gasteiger partial charge in [-0.3, -0.25) is 9.59 Å². The van der Waals surface area contributed by atoms with Gasteiger partial charge in [0.05, 0.1) is 24.4 Å². The van der Waals surface area contributed by atoms with Crippen LogP contribution in [0.2, 0.25) is 0 Å². The summed E-state index contributed by atoms with van der Waals surface area (Å²) < 4.78 is 6.49. The van der Waals surface area contributed by atoms with Crippen LogP contribution in [-0.4, -0.2) is 28.7 Å². The zero-order chi connectivity index (χ0) is 24.5. The molecular formula is C28H24BrN3O3. The number of aromatic nitrogens is 1. The number of nitrogens with zero attached hydrogens (tertiary/aromatic N) is 2. The maximum atomic E-state index is 13.5. The first-order chi connectivity index (χ1) is 17.0. The Bertz CT molecular complexity index is 1510. The SMILES string of the molecule is CCC(=O)N1N=C(c2c(-c3ccccc3)c3cc(Br)ccc3[nH]c2=O)CC1c1ccccc1OC. The lowest BCUT2D eigenvalue weighted by molar-refractivity contribution is -0.132. The molecule has 0 bridgehead atoms. The standard InChI is InChI=1S/C28H24BrN3O3/c1-3-25(33)32-23(19-11-7-8-12-24(19)35-2)16-22(31-32)27-26(17-9-5-4-6-10-17)20-15-18(29)13-14-21(20)30-28(27)34/h4-15,23H,3,16H2,1-2H3,(H,30,34). The molecule has 0 fully saturated rings. The molecule has 1 aliphatic heterocycles. The predicted octanol–water partition coefficient (Wildman–Crippen LogP) is 6.05. The summed E-state index contributed by atoms with van der Waals surface area (Å²) in [7, 11) is 1.61. The number of methoxy groups -OCH3 is 1. The Morgan fingerprint density at radius 3 is 2.57 bits per heavy atom. The van der Waals surface area contributed by atoms with E-state index in [1.54, 1.807) is 7.11 Å². The van der Waals surface area contributed by atoms with Crippen molar-refractivity contribution in [1.82, 2.24) is 9.99 Å². The third-order valence-corrected chi connectivity index (χ3v) is 6.79. The van der Waals surface area contributed by atoms with Gasteiger partial charge < -0.3 is 9.72 Å². The van der Waals surface area contributed by atoms with Gasteiger partial charge in [0.15, 0.2) is 0 Å². The number of para-hydroxylation sites is 1. The normalized spacial score (nSPS) is 15.3. The lowest BCUT2D eigenvalue weighted by atomic mass is 9.91. The number of ether oxygens (including phenoxy) is 1. The van der Waals surface area contributed by atoms with Crippen molar-refractivity contribution in [3.63, 3.8) is 0 Å². The van der Waals surface area contributed by atoms with Gasteiger partial charge >= 0.3 is 0 Å². The molecule has 35 heavy (non-hydrogen) atoms. The fourth-order valence-electron chi connectivity index (χ4n) is 4.68. The van der Waals surface area contributed by atoms with Gasteiger partial charge in [-0.15, -0.1) is 0 Å². The van der Waals surface area contributed by atoms with Crippen LogP contribution in [0.25, 0.3) is 22.0 Å². The Morgan fingerprint density at radius 2 is 1.83 bits per heavy atom. The molecule has 1 aromatic heterocycles. The highest BCUT2D eigenvalue weighted by Gasteiger charge is 2.36. The van der Waals surface area contributed by atoms with Crippen LogP contribution < -0.4 is 10.3 Å². The number of fused-ring (bicyclic) bond motifs is 1. The minimum Gasteiger partial charge on any atom is -0.496 e. The summed E-state index contributed by atoms with van der Waals surface area (Å²) in [4.78, 5) is 29.5. The summed E-state index contributed by atoms with van der Waals surface area (Å²) in [5, 5.41) is 7.16. The summed E-state index contributed by atoms with van der Waals surface area (Å²) in [5.41, 5.74) is 4.13. The van der Waals surface area contributed by atoms with Crippen molar-refractivity contribution in [2.24, 2.45) is 5.10 Å². The second-order valence-corrected chi connectivity index (χ2v) is 9.28. The quantitative estimate of drug-likeness (QED) is 0.341. The number of halogens is 1. The molecule has 6 nitrogen and oxygen atoms in total. The van der Waals surface area contributed by atoms with Gasteiger partial charge in [0.1, 0.15) is 5.75 Å². The predicted molar refractivity (Wildman–Crippen MR) is 142 cm³/mol. The van der Waals surface area contributed by atoms with Crippen LogP contribution in [0.3, 0.4) is 0 Å². The second kappa shape index (κ2) is 9.50. The molecule has 5 rings (SSSR count). The number of benzene rings is 3. The molecule has 1 N–H and O–H groups in total. The molecule has 0 spiro atoms. The number of carbonyl (C=O) groups excluding carboxylic acids is 1. The number of carbonyl (C=O) groups is 1. The van der Waals surface area contributed by atoms with Crippen molar-refractivity contribution in [2.45, 2.75) is 25.8 Å². The van der Waals surface area contributed by atoms with Gasteiger partial charge in [-0.1, -0.05) is 71.4 Å². The van der Waals surface area contributed by atoms with Gasteiger partial charge in [-0.25, -0.2) is 5.01 Å². The number of H-pyrrole nitrogens is 1. The maximum absolute atomic E-state index is 13.5. The number of rotatable bonds is 5. The van der Waals surface area contributed by atoms with Crippen LogP contribution in [-0.2, 0) is 4.79 Å². The lowest BCUT2D eigenvalue weighted by Gasteiger charge is -2.23. The highest BCUT2D eigenvalue weighted by atomic mass is 79.9. The molecule has 0 saturated heterocycles. The molecule has 1 unspecified atom stereocenters. The van der Waals surface area contributed by atoms with E-state index in [1.807, 2.05) is 79.7 Å². The molecule has 1 atom stereocenters. The molecule has 176 valence electrons. The number of hydrogen-bond donors (Lipinski definition) is 1. The number of aromatic amines is 1. The van der Waals surface area contributed by atoms with E-state index >= 15 is 0 Å². The lowest BCUT2D eigenvalue weighted by Crippen LogP contribution is -2.26. The fourth-order valence-corrected chi connectivity index (χ4v) is 5.04. The first-order valence-corrected chi connectivity index (χ1v) is 12.2. The molecule has 0 saturated carbocycles. The van der Waals surface area contributed by atoms with Crippen molar-refractivity contribution < 1.29 is 9.53 Å². The number of hydrazone groups is 1. The largest absolute Gasteiger partial charge is 0.496 e. The van der Waals surface area contributed by atoms with Crippen LogP contribution >= 0.6 is 15.9 Å². The minimum absolute atomic E-state index is 0.114. The molecule has 4 aromatic rings. The van der Waals surface area contributed by atoms with Gasteiger partial charge in [0, 0.05) is 39.3 Å². The molecule has 0 aliphatic carbocycles. The number of amides is 1. The third-order valence-electron chi connectivity index (χ3n) is 6.29. The van der Waals surface area contributed by atoms with E-state index in [2.05, 4.69) is 20.9 Å². The summed E-state index contributed by atoms with van der Waals surface area (Å²) in [6.45, 7) is 1.81. The van der Waals surface area contributed by atoms with Crippen LogP contribution in [0.5, 0.6) is 5.75 Å². The zero-order valence-corrected chi connectivity index (χ0v) is 21.0. The number of pyridine rings is 1. The Balaban J connectivity index is 1.75. The Morgan fingerprint density at radius 1 is 1.09 bits per heavy atom. The van der Waals surface area contributed by atoms with Gasteiger partial charge in [0.25, 0.3) is 5.56 Å². The Hall–Kier alpha value is -3.71. The van der Waals surface area contributed by atoms with Crippen molar-refractivity contribution in [3.8, 4) is 16.9 Å². The minimum atomic E-state index is -0.366. The summed E-state index contributed by atoms with van der Waals surface area (Å²) >= 11 is 3.57. The fraction of sp³-hybridized carbons (Fsp3) is 0.179. The highest BCUT2D eigenvalue weighted by Crippen LogP contribution is 2.40. The van der Waals surface area contributed by atoms with Crippen molar-refractivity contribution >= 4 is 38.5 Å². The highest BCUT2D eigenvalue weighted by molar-refractivity contribution is 9.10. The number of nitrogens with one attached hydrogen (secondary N) is 1. The van der Waals surface area contributed by atoms with E-state index in [9.17, 15) is 9.59 Å². The summed E-state index contributed by atoms with van der Waals surface area (Å²) in [6, 6.07) is 22.9. The molecule has 0 radical (unpaired) electrons. The average Bonchev–Trinajstić information content (AvgIpc) is 3.33. The second-order valence-electron chi connectivity index (χ2n) is 8.36. The van der Waals surface area contributed by atoms with Crippen molar-refractivity contribution in [3.05, 3.63) is 98.7 Å². The maximum Gasteiger partial charge on any atom is 0.258 e. The number of hydrogen-bond acceptors (Lipinski definition) is 4. The van der Waals surface area contributed by atoms with E-state index in [-0.39, 0.29) is 17.5 Å². The van der Waals surface area contributed by atoms with Gasteiger partial charge in [-0.05, 0) is 29.8 Å². The molecule has 1 amide bonds. The van der Waals surface area contributed by atoms with Gasteiger partial charge in [-0.2, -0.15) is 5.10 Å². The average molecular weight is 530 g/mol. The summed E-state index contributed by atoms with van der Waals surface area (Å²) in [6.07, 6.45) is 0.698. The third kappa shape index (κ3) is 4.17. The van der Waals surface area contributed by atoms with E-state index in [4.69, 9.17) is 9.84 Å². The van der Waals surface area contributed by atoms with Crippen molar-refractivity contribution in [1.29, 1.82) is 0 Å². The topological polar surface area (TPSA) is 74.8 Å². The smallest absolute Gasteiger partial charge is 0.258 e. The van der Waals surface area contributed by atoms with Crippen molar-refractivity contribution in [2.75, 3.05) is 7.11 Å². The first-order valence-electron chi connectivity index (χ1n) is 11.5. The molecule has 2 heterocycles.